The molecule has 10 heteroatoms. The number of rotatable bonds is 8. The van der Waals surface area contributed by atoms with Crippen LogP contribution in [0.15, 0.2) is 34.1 Å². The SMILES string of the molecule is COc1ccc(CNC(=O)CCCn2cnc3c2c(=O)n(C)c(=O)n3C)cc1OC. The normalized spacial score (nSPS) is 10.9. The number of hydrogen-bond acceptors (Lipinski definition) is 6. The van der Waals surface area contributed by atoms with Crippen LogP contribution >= 0.6 is 0 Å². The van der Waals surface area contributed by atoms with Crippen LogP contribution in [0.3, 0.4) is 0 Å². The van der Waals surface area contributed by atoms with Gasteiger partial charge in [0.2, 0.25) is 5.91 Å². The van der Waals surface area contributed by atoms with Crippen molar-refractivity contribution < 1.29 is 14.3 Å². The van der Waals surface area contributed by atoms with Crippen molar-refractivity contribution in [1.29, 1.82) is 0 Å². The zero-order valence-corrected chi connectivity index (χ0v) is 17.5. The second kappa shape index (κ2) is 8.85. The van der Waals surface area contributed by atoms with E-state index in [1.807, 2.05) is 12.1 Å². The first-order valence-corrected chi connectivity index (χ1v) is 9.45. The highest BCUT2D eigenvalue weighted by Gasteiger charge is 2.14. The Bertz CT molecular complexity index is 1190. The summed E-state index contributed by atoms with van der Waals surface area (Å²) in [5, 5.41) is 2.87. The summed E-state index contributed by atoms with van der Waals surface area (Å²) < 4.78 is 14.5. The molecule has 160 valence electrons. The lowest BCUT2D eigenvalue weighted by atomic mass is 10.2. The van der Waals surface area contributed by atoms with Gasteiger partial charge in [0.05, 0.1) is 20.5 Å². The molecule has 0 aliphatic rings. The van der Waals surface area contributed by atoms with Crippen molar-refractivity contribution in [1.82, 2.24) is 24.0 Å². The number of methoxy groups -OCH3 is 2. The Kier molecular flexibility index (Phi) is 6.24. The highest BCUT2D eigenvalue weighted by atomic mass is 16.5. The number of aromatic nitrogens is 4. The standard InChI is InChI=1S/C20H25N5O5/c1-23-18-17(19(27)24(2)20(23)28)25(12-22-18)9-5-6-16(26)21-11-13-7-8-14(29-3)15(10-13)30-4/h7-8,10,12H,5-6,9,11H2,1-4H3,(H,21,26). The van der Waals surface area contributed by atoms with E-state index in [-0.39, 0.29) is 5.91 Å². The lowest BCUT2D eigenvalue weighted by Crippen LogP contribution is -2.37. The summed E-state index contributed by atoms with van der Waals surface area (Å²) in [7, 11) is 6.13. The predicted molar refractivity (Wildman–Crippen MR) is 111 cm³/mol. The van der Waals surface area contributed by atoms with Crippen LogP contribution in [0.1, 0.15) is 18.4 Å². The van der Waals surface area contributed by atoms with E-state index in [1.165, 1.54) is 17.9 Å². The molecular formula is C20H25N5O5. The molecule has 0 unspecified atom stereocenters. The van der Waals surface area contributed by atoms with E-state index in [1.54, 1.807) is 31.9 Å². The average molecular weight is 415 g/mol. The second-order valence-corrected chi connectivity index (χ2v) is 6.89. The third-order valence-electron chi connectivity index (χ3n) is 4.96. The molecule has 10 nitrogen and oxygen atoms in total. The van der Waals surface area contributed by atoms with Crippen molar-refractivity contribution in [2.75, 3.05) is 14.2 Å². The van der Waals surface area contributed by atoms with E-state index in [2.05, 4.69) is 10.3 Å². The smallest absolute Gasteiger partial charge is 0.332 e. The largest absolute Gasteiger partial charge is 0.493 e. The Labute approximate surface area is 172 Å². The first kappa shape index (κ1) is 21.2. The number of carbonyl (C=O) groups excluding carboxylic acids is 1. The Hall–Kier alpha value is -3.56. The number of hydrogen-bond donors (Lipinski definition) is 1. The summed E-state index contributed by atoms with van der Waals surface area (Å²) in [6, 6.07) is 5.47. The first-order chi connectivity index (χ1) is 14.4. The molecular weight excluding hydrogens is 390 g/mol. The summed E-state index contributed by atoms with van der Waals surface area (Å²) in [5.41, 5.74) is 0.758. The van der Waals surface area contributed by atoms with Crippen molar-refractivity contribution >= 4 is 17.1 Å². The summed E-state index contributed by atoms with van der Waals surface area (Å²) >= 11 is 0. The molecule has 0 saturated carbocycles. The maximum atomic E-state index is 12.4. The van der Waals surface area contributed by atoms with Gasteiger partial charge in [-0.3, -0.25) is 18.7 Å². The molecule has 0 saturated heterocycles. The molecule has 2 aromatic heterocycles. The van der Waals surface area contributed by atoms with Crippen LogP contribution < -0.4 is 26.0 Å². The minimum absolute atomic E-state index is 0.102. The van der Waals surface area contributed by atoms with E-state index < -0.39 is 11.2 Å². The van der Waals surface area contributed by atoms with E-state index >= 15 is 0 Å². The van der Waals surface area contributed by atoms with Crippen molar-refractivity contribution in [3.63, 3.8) is 0 Å². The fraction of sp³-hybridized carbons (Fsp3) is 0.400. The van der Waals surface area contributed by atoms with Crippen LogP contribution in [-0.4, -0.2) is 38.8 Å². The molecule has 0 aliphatic carbocycles. The van der Waals surface area contributed by atoms with E-state index in [0.717, 1.165) is 10.1 Å². The van der Waals surface area contributed by atoms with E-state index in [9.17, 15) is 14.4 Å². The van der Waals surface area contributed by atoms with Gasteiger partial charge >= 0.3 is 5.69 Å². The fourth-order valence-corrected chi connectivity index (χ4v) is 3.26. The van der Waals surface area contributed by atoms with Gasteiger partial charge in [-0.1, -0.05) is 6.07 Å². The number of nitrogens with zero attached hydrogens (tertiary/aromatic N) is 4. The molecule has 0 atom stereocenters. The number of benzene rings is 1. The van der Waals surface area contributed by atoms with Crippen LogP contribution in [-0.2, 0) is 32.0 Å². The molecule has 1 aromatic carbocycles. The van der Waals surface area contributed by atoms with Crippen LogP contribution in [0, 0.1) is 0 Å². The van der Waals surface area contributed by atoms with Crippen molar-refractivity contribution in [2.45, 2.75) is 25.9 Å². The third-order valence-corrected chi connectivity index (χ3v) is 4.96. The number of ether oxygens (including phenoxy) is 2. The first-order valence-electron chi connectivity index (χ1n) is 9.45. The zero-order chi connectivity index (χ0) is 21.8. The van der Waals surface area contributed by atoms with Crippen LogP contribution in [0.5, 0.6) is 11.5 Å². The molecule has 0 fully saturated rings. The number of fused-ring (bicyclic) bond motifs is 1. The average Bonchev–Trinajstić information content (AvgIpc) is 3.18. The Morgan fingerprint density at radius 3 is 2.53 bits per heavy atom. The molecule has 0 spiro atoms. The monoisotopic (exact) mass is 415 g/mol. The molecule has 2 heterocycles. The molecule has 3 aromatic rings. The lowest BCUT2D eigenvalue weighted by molar-refractivity contribution is -0.121. The lowest BCUT2D eigenvalue weighted by Gasteiger charge is -2.10. The highest BCUT2D eigenvalue weighted by molar-refractivity contribution is 5.76. The number of aryl methyl sites for hydroxylation is 2. The minimum Gasteiger partial charge on any atom is -0.493 e. The molecule has 0 aliphatic heterocycles. The molecule has 3 rings (SSSR count). The van der Waals surface area contributed by atoms with Crippen molar-refractivity contribution in [2.24, 2.45) is 14.1 Å². The predicted octanol–water partition coefficient (Wildman–Crippen LogP) is 0.548. The van der Waals surface area contributed by atoms with Gasteiger partial charge in [-0.2, -0.15) is 0 Å². The van der Waals surface area contributed by atoms with Gasteiger partial charge in [-0.25, -0.2) is 9.78 Å². The molecule has 1 N–H and O–H groups in total. The van der Waals surface area contributed by atoms with Crippen LogP contribution in [0.4, 0.5) is 0 Å². The minimum atomic E-state index is -0.424. The van der Waals surface area contributed by atoms with E-state index in [4.69, 9.17) is 9.47 Å². The van der Waals surface area contributed by atoms with Gasteiger partial charge in [0.15, 0.2) is 22.7 Å². The van der Waals surface area contributed by atoms with Crippen molar-refractivity contribution in [3.8, 4) is 11.5 Å². The van der Waals surface area contributed by atoms with E-state index in [0.29, 0.717) is 48.6 Å². The quantitative estimate of drug-likeness (QED) is 0.575. The maximum absolute atomic E-state index is 12.4. The van der Waals surface area contributed by atoms with Crippen LogP contribution in [0.25, 0.3) is 11.2 Å². The van der Waals surface area contributed by atoms with Gasteiger partial charge in [0.25, 0.3) is 5.56 Å². The Morgan fingerprint density at radius 2 is 1.83 bits per heavy atom. The molecule has 0 radical (unpaired) electrons. The molecule has 30 heavy (non-hydrogen) atoms. The fourth-order valence-electron chi connectivity index (χ4n) is 3.26. The second-order valence-electron chi connectivity index (χ2n) is 6.89. The number of carbonyl (C=O) groups is 1. The third kappa shape index (κ3) is 4.07. The van der Waals surface area contributed by atoms with Gasteiger partial charge in [0.1, 0.15) is 0 Å². The Morgan fingerprint density at radius 1 is 1.10 bits per heavy atom. The van der Waals surface area contributed by atoms with Gasteiger partial charge in [-0.15, -0.1) is 0 Å². The zero-order valence-electron chi connectivity index (χ0n) is 17.5. The Balaban J connectivity index is 1.59. The van der Waals surface area contributed by atoms with Gasteiger partial charge in [-0.05, 0) is 24.1 Å². The molecule has 0 bridgehead atoms. The topological polar surface area (TPSA) is 109 Å². The molecule has 1 amide bonds. The van der Waals surface area contributed by atoms with Crippen molar-refractivity contribution in [3.05, 3.63) is 50.9 Å². The summed E-state index contributed by atoms with van der Waals surface area (Å²) in [4.78, 5) is 40.8. The summed E-state index contributed by atoms with van der Waals surface area (Å²) in [5.74, 6) is 1.13. The summed E-state index contributed by atoms with van der Waals surface area (Å²) in [6.07, 6.45) is 2.33. The number of amides is 1. The van der Waals surface area contributed by atoms with Gasteiger partial charge < -0.3 is 19.4 Å². The maximum Gasteiger partial charge on any atom is 0.332 e. The number of nitrogens with one attached hydrogen (secondary N) is 1. The summed E-state index contributed by atoms with van der Waals surface area (Å²) in [6.45, 7) is 0.809. The van der Waals surface area contributed by atoms with Crippen LogP contribution in [0.2, 0.25) is 0 Å². The highest BCUT2D eigenvalue weighted by Crippen LogP contribution is 2.27. The van der Waals surface area contributed by atoms with Gasteiger partial charge in [0, 0.05) is 33.6 Å². The number of imidazole rings is 1.